The fraction of sp³-hybridized carbons (Fsp3) is 0.409. The number of fused-ring (bicyclic) bond motifs is 1. The Morgan fingerprint density at radius 3 is 2.69 bits per heavy atom. The van der Waals surface area contributed by atoms with Crippen LogP contribution >= 0.6 is 11.6 Å². The highest BCUT2D eigenvalue weighted by Gasteiger charge is 2.19. The van der Waals surface area contributed by atoms with Gasteiger partial charge in [-0.2, -0.15) is 0 Å². The van der Waals surface area contributed by atoms with Crippen LogP contribution in [0.4, 0.5) is 15.8 Å². The van der Waals surface area contributed by atoms with Crippen LogP contribution < -0.4 is 19.7 Å². The van der Waals surface area contributed by atoms with Crippen molar-refractivity contribution in [3.8, 4) is 11.5 Å². The minimum absolute atomic E-state index is 0.103. The predicted molar refractivity (Wildman–Crippen MR) is 112 cm³/mol. The minimum Gasteiger partial charge on any atom is -0.489 e. The zero-order valence-corrected chi connectivity index (χ0v) is 16.9. The van der Waals surface area contributed by atoms with Crippen LogP contribution in [0.1, 0.15) is 31.2 Å². The number of hydrogen-bond acceptors (Lipinski definition) is 4. The van der Waals surface area contributed by atoms with Gasteiger partial charge in [-0.15, -0.1) is 0 Å². The summed E-state index contributed by atoms with van der Waals surface area (Å²) in [7, 11) is 0. The first-order valence-electron chi connectivity index (χ1n) is 10.0. The molecule has 1 saturated heterocycles. The van der Waals surface area contributed by atoms with E-state index in [2.05, 4.69) is 10.2 Å². The number of rotatable bonds is 4. The van der Waals surface area contributed by atoms with Crippen LogP contribution in [0, 0.1) is 5.82 Å². The van der Waals surface area contributed by atoms with Gasteiger partial charge in [0.25, 0.3) is 0 Å². The van der Waals surface area contributed by atoms with Crippen LogP contribution in [0.2, 0.25) is 5.02 Å². The van der Waals surface area contributed by atoms with Gasteiger partial charge in [-0.1, -0.05) is 11.6 Å². The molecule has 0 bridgehead atoms. The lowest BCUT2D eigenvalue weighted by Crippen LogP contribution is -2.30. The number of halogens is 2. The molecular weight excluding hydrogens is 395 g/mol. The third-order valence-corrected chi connectivity index (χ3v) is 5.44. The molecule has 0 aliphatic carbocycles. The summed E-state index contributed by atoms with van der Waals surface area (Å²) in [6.07, 6.45) is 4.27. The van der Waals surface area contributed by atoms with Gasteiger partial charge in [0.1, 0.15) is 5.82 Å². The molecule has 0 unspecified atom stereocenters. The largest absolute Gasteiger partial charge is 0.489 e. The van der Waals surface area contributed by atoms with Crippen molar-refractivity contribution in [2.75, 3.05) is 36.5 Å². The maximum absolute atomic E-state index is 13.9. The molecule has 2 heterocycles. The summed E-state index contributed by atoms with van der Waals surface area (Å²) in [6.45, 7) is 2.91. The van der Waals surface area contributed by atoms with E-state index in [-0.39, 0.29) is 18.1 Å². The number of amides is 1. The average molecular weight is 419 g/mol. The molecule has 4 rings (SSSR count). The molecule has 0 aromatic heterocycles. The van der Waals surface area contributed by atoms with E-state index in [0.717, 1.165) is 38.0 Å². The number of piperidine rings is 1. The lowest BCUT2D eigenvalue weighted by Gasteiger charge is -2.30. The highest BCUT2D eigenvalue weighted by atomic mass is 35.5. The molecule has 2 aromatic carbocycles. The molecule has 1 fully saturated rings. The fourth-order valence-electron chi connectivity index (χ4n) is 3.78. The number of benzene rings is 2. The van der Waals surface area contributed by atoms with Crippen molar-refractivity contribution in [1.29, 1.82) is 0 Å². The molecule has 1 amide bonds. The molecule has 0 spiro atoms. The molecule has 7 heteroatoms. The van der Waals surface area contributed by atoms with Crippen molar-refractivity contribution in [3.63, 3.8) is 0 Å². The van der Waals surface area contributed by atoms with Gasteiger partial charge in [0.2, 0.25) is 5.91 Å². The number of ether oxygens (including phenoxy) is 2. The van der Waals surface area contributed by atoms with Gasteiger partial charge >= 0.3 is 0 Å². The number of carbonyl (C=O) groups is 1. The topological polar surface area (TPSA) is 50.8 Å². The van der Waals surface area contributed by atoms with E-state index in [9.17, 15) is 9.18 Å². The lowest BCUT2D eigenvalue weighted by atomic mass is 10.1. The Kier molecular flexibility index (Phi) is 6.09. The average Bonchev–Trinajstić information content (AvgIpc) is 2.94. The molecule has 154 valence electrons. The summed E-state index contributed by atoms with van der Waals surface area (Å²) >= 11 is 6.32. The quantitative estimate of drug-likeness (QED) is 0.774. The van der Waals surface area contributed by atoms with Gasteiger partial charge < -0.3 is 19.7 Å². The first-order valence-corrected chi connectivity index (χ1v) is 10.4. The molecule has 5 nitrogen and oxygen atoms in total. The lowest BCUT2D eigenvalue weighted by molar-refractivity contribution is -0.115. The standard InChI is InChI=1S/C22H24ClFN2O3/c23-17-11-15(12-20-22(17)29-10-4-9-28-20)13-21(27)25-18-14-16(24)5-6-19(18)26-7-2-1-3-8-26/h5-6,11-12,14H,1-4,7-10,13H2,(H,25,27). The molecule has 2 aliphatic rings. The van der Waals surface area contributed by atoms with Crippen molar-refractivity contribution in [3.05, 3.63) is 46.7 Å². The number of carbonyl (C=O) groups excluding carboxylic acids is 1. The van der Waals surface area contributed by atoms with Gasteiger partial charge in [-0.25, -0.2) is 4.39 Å². The first-order chi connectivity index (χ1) is 14.1. The minimum atomic E-state index is -0.375. The van der Waals surface area contributed by atoms with Gasteiger partial charge in [-0.05, 0) is 55.2 Å². The predicted octanol–water partition coefficient (Wildman–Crippen LogP) is 4.81. The zero-order valence-electron chi connectivity index (χ0n) is 16.2. The van der Waals surface area contributed by atoms with Crippen LogP contribution in [0.25, 0.3) is 0 Å². The molecule has 0 atom stereocenters. The second kappa shape index (κ2) is 8.91. The molecule has 2 aromatic rings. The van der Waals surface area contributed by atoms with E-state index in [1.54, 1.807) is 18.2 Å². The number of hydrogen-bond donors (Lipinski definition) is 1. The second-order valence-corrected chi connectivity index (χ2v) is 7.80. The van der Waals surface area contributed by atoms with E-state index in [1.165, 1.54) is 18.6 Å². The maximum Gasteiger partial charge on any atom is 0.228 e. The smallest absolute Gasteiger partial charge is 0.228 e. The van der Waals surface area contributed by atoms with Crippen molar-refractivity contribution in [2.45, 2.75) is 32.1 Å². The SMILES string of the molecule is O=C(Cc1cc(Cl)c2c(c1)OCCCO2)Nc1cc(F)ccc1N1CCCCC1. The van der Waals surface area contributed by atoms with E-state index in [4.69, 9.17) is 21.1 Å². The normalized spacial score (nSPS) is 16.3. The Balaban J connectivity index is 1.51. The zero-order chi connectivity index (χ0) is 20.2. The molecular formula is C22H24ClFN2O3. The Labute approximate surface area is 174 Å². The van der Waals surface area contributed by atoms with Crippen LogP contribution in [-0.4, -0.2) is 32.2 Å². The summed E-state index contributed by atoms with van der Waals surface area (Å²) in [5.74, 6) is 0.461. The van der Waals surface area contributed by atoms with Gasteiger partial charge in [0, 0.05) is 19.5 Å². The van der Waals surface area contributed by atoms with Crippen molar-refractivity contribution in [2.24, 2.45) is 0 Å². The van der Waals surface area contributed by atoms with E-state index in [0.29, 0.717) is 41.0 Å². The van der Waals surface area contributed by atoms with Crippen molar-refractivity contribution >= 4 is 28.9 Å². The highest BCUT2D eigenvalue weighted by molar-refractivity contribution is 6.32. The molecule has 0 radical (unpaired) electrons. The van der Waals surface area contributed by atoms with Gasteiger partial charge in [0.15, 0.2) is 11.5 Å². The Bertz CT molecular complexity index is 900. The number of nitrogens with zero attached hydrogens (tertiary/aromatic N) is 1. The van der Waals surface area contributed by atoms with Crippen LogP contribution in [0.3, 0.4) is 0 Å². The number of nitrogens with one attached hydrogen (secondary N) is 1. The van der Waals surface area contributed by atoms with Crippen molar-refractivity contribution in [1.82, 2.24) is 0 Å². The van der Waals surface area contributed by atoms with Gasteiger partial charge in [0.05, 0.1) is 36.0 Å². The maximum atomic E-state index is 13.9. The van der Waals surface area contributed by atoms with Crippen molar-refractivity contribution < 1.29 is 18.7 Å². The monoisotopic (exact) mass is 418 g/mol. The summed E-state index contributed by atoms with van der Waals surface area (Å²) in [6, 6.07) is 8.04. The molecule has 0 saturated carbocycles. The van der Waals surface area contributed by atoms with E-state index in [1.807, 2.05) is 0 Å². The Morgan fingerprint density at radius 2 is 1.86 bits per heavy atom. The van der Waals surface area contributed by atoms with E-state index < -0.39 is 0 Å². The molecule has 1 N–H and O–H groups in total. The van der Waals surface area contributed by atoms with Crippen LogP contribution in [0.5, 0.6) is 11.5 Å². The summed E-state index contributed by atoms with van der Waals surface area (Å²) in [5, 5.41) is 3.30. The first kappa shape index (κ1) is 19.8. The van der Waals surface area contributed by atoms with Gasteiger partial charge in [-0.3, -0.25) is 4.79 Å². The summed E-state index contributed by atoms with van der Waals surface area (Å²) in [4.78, 5) is 14.9. The van der Waals surface area contributed by atoms with Crippen LogP contribution in [-0.2, 0) is 11.2 Å². The molecule has 2 aliphatic heterocycles. The third-order valence-electron chi connectivity index (χ3n) is 5.16. The fourth-order valence-corrected chi connectivity index (χ4v) is 4.07. The molecule has 29 heavy (non-hydrogen) atoms. The van der Waals surface area contributed by atoms with Crippen LogP contribution in [0.15, 0.2) is 30.3 Å². The highest BCUT2D eigenvalue weighted by Crippen LogP contribution is 2.38. The summed E-state index contributed by atoms with van der Waals surface area (Å²) < 4.78 is 25.2. The second-order valence-electron chi connectivity index (χ2n) is 7.39. The number of anilines is 2. The summed E-state index contributed by atoms with van der Waals surface area (Å²) in [5.41, 5.74) is 2.07. The third kappa shape index (κ3) is 4.75. The Hall–Kier alpha value is -2.47. The Morgan fingerprint density at radius 1 is 1.07 bits per heavy atom. The van der Waals surface area contributed by atoms with E-state index >= 15 is 0 Å².